The first-order valence-corrected chi connectivity index (χ1v) is 6.97. The number of benzene rings is 1. The van der Waals surface area contributed by atoms with Crippen molar-refractivity contribution in [2.24, 2.45) is 0 Å². The van der Waals surface area contributed by atoms with Crippen molar-refractivity contribution in [3.63, 3.8) is 0 Å². The van der Waals surface area contributed by atoms with Gasteiger partial charge >= 0.3 is 6.18 Å². The molecule has 1 aliphatic rings. The van der Waals surface area contributed by atoms with Gasteiger partial charge in [0.15, 0.2) is 0 Å². The minimum absolute atomic E-state index is 0.0592. The monoisotopic (exact) mass is 317 g/mol. The molecule has 1 aromatic rings. The van der Waals surface area contributed by atoms with Crippen LogP contribution in [-0.2, 0) is 0 Å². The Morgan fingerprint density at radius 2 is 1.73 bits per heavy atom. The van der Waals surface area contributed by atoms with Crippen LogP contribution in [0.3, 0.4) is 0 Å². The molecule has 0 aliphatic carbocycles. The van der Waals surface area contributed by atoms with Gasteiger partial charge in [-0.3, -0.25) is 4.79 Å². The van der Waals surface area contributed by atoms with Crippen molar-refractivity contribution in [3.8, 4) is 11.5 Å². The molecular weight excluding hydrogens is 299 g/mol. The highest BCUT2D eigenvalue weighted by Gasteiger charge is 2.46. The van der Waals surface area contributed by atoms with Gasteiger partial charge in [-0.1, -0.05) is 0 Å². The second-order valence-electron chi connectivity index (χ2n) is 5.15. The molecular formula is C15H18F3NO3. The van der Waals surface area contributed by atoms with Crippen LogP contribution in [0.25, 0.3) is 0 Å². The predicted molar refractivity (Wildman–Crippen MR) is 74.3 cm³/mol. The van der Waals surface area contributed by atoms with Gasteiger partial charge < -0.3 is 14.4 Å². The summed E-state index contributed by atoms with van der Waals surface area (Å²) in [4.78, 5) is 13.4. The topological polar surface area (TPSA) is 38.8 Å². The Kier molecular flexibility index (Phi) is 4.83. The standard InChI is InChI=1S/C15H18F3NO3/c1-21-11-7-10(8-12(9-11)22-2)14(20)19-6-4-3-5-13(19)15(16,17)18/h7-9,13H,3-6H2,1-2H3. The Balaban J connectivity index is 2.33. The Morgan fingerprint density at radius 1 is 1.14 bits per heavy atom. The average Bonchev–Trinajstić information content (AvgIpc) is 2.52. The summed E-state index contributed by atoms with van der Waals surface area (Å²) < 4.78 is 49.5. The second kappa shape index (κ2) is 6.46. The number of amides is 1. The lowest BCUT2D eigenvalue weighted by Crippen LogP contribution is -2.51. The maximum absolute atomic E-state index is 13.1. The Labute approximate surface area is 126 Å². The number of hydrogen-bond donors (Lipinski definition) is 0. The summed E-state index contributed by atoms with van der Waals surface area (Å²) in [6.45, 7) is 0.0997. The van der Waals surface area contributed by atoms with Crippen molar-refractivity contribution < 1.29 is 27.4 Å². The van der Waals surface area contributed by atoms with E-state index in [1.54, 1.807) is 6.07 Å². The zero-order chi connectivity index (χ0) is 16.3. The van der Waals surface area contributed by atoms with Gasteiger partial charge in [-0.2, -0.15) is 13.2 Å². The van der Waals surface area contributed by atoms with E-state index in [1.807, 2.05) is 0 Å². The van der Waals surface area contributed by atoms with E-state index in [1.165, 1.54) is 26.4 Å². The third-order valence-corrected chi connectivity index (χ3v) is 3.74. The van der Waals surface area contributed by atoms with Crippen molar-refractivity contribution in [1.82, 2.24) is 4.90 Å². The number of piperidine rings is 1. The van der Waals surface area contributed by atoms with Crippen LogP contribution in [0.5, 0.6) is 11.5 Å². The highest BCUT2D eigenvalue weighted by atomic mass is 19.4. The van der Waals surface area contributed by atoms with Crippen LogP contribution < -0.4 is 9.47 Å². The van der Waals surface area contributed by atoms with Crippen LogP contribution in [0.15, 0.2) is 18.2 Å². The number of carbonyl (C=O) groups excluding carboxylic acids is 1. The van der Waals surface area contributed by atoms with Crippen LogP contribution in [-0.4, -0.2) is 43.8 Å². The largest absolute Gasteiger partial charge is 0.497 e. The second-order valence-corrected chi connectivity index (χ2v) is 5.15. The maximum atomic E-state index is 13.1. The summed E-state index contributed by atoms with van der Waals surface area (Å²) in [6.07, 6.45) is -3.44. The summed E-state index contributed by atoms with van der Waals surface area (Å²) >= 11 is 0. The molecule has 122 valence electrons. The average molecular weight is 317 g/mol. The van der Waals surface area contributed by atoms with Gasteiger partial charge in [-0.15, -0.1) is 0 Å². The first-order valence-electron chi connectivity index (χ1n) is 6.97. The molecule has 1 fully saturated rings. The fraction of sp³-hybridized carbons (Fsp3) is 0.533. The maximum Gasteiger partial charge on any atom is 0.408 e. The normalized spacial score (nSPS) is 19.0. The molecule has 1 heterocycles. The number of likely N-dealkylation sites (tertiary alicyclic amines) is 1. The molecule has 1 unspecified atom stereocenters. The number of rotatable bonds is 3. The molecule has 1 atom stereocenters. The van der Waals surface area contributed by atoms with Crippen LogP contribution in [0.4, 0.5) is 13.2 Å². The third-order valence-electron chi connectivity index (χ3n) is 3.74. The number of hydrogen-bond acceptors (Lipinski definition) is 3. The van der Waals surface area contributed by atoms with Gasteiger partial charge in [0.2, 0.25) is 0 Å². The highest BCUT2D eigenvalue weighted by Crippen LogP contribution is 2.33. The van der Waals surface area contributed by atoms with E-state index < -0.39 is 18.1 Å². The molecule has 1 amide bonds. The van der Waals surface area contributed by atoms with E-state index in [2.05, 4.69) is 0 Å². The van der Waals surface area contributed by atoms with Crippen LogP contribution in [0.1, 0.15) is 29.6 Å². The number of carbonyl (C=O) groups is 1. The fourth-order valence-electron chi connectivity index (χ4n) is 2.61. The zero-order valence-corrected chi connectivity index (χ0v) is 12.4. The number of alkyl halides is 3. The highest BCUT2D eigenvalue weighted by molar-refractivity contribution is 5.95. The lowest BCUT2D eigenvalue weighted by molar-refractivity contribution is -0.183. The van der Waals surface area contributed by atoms with E-state index in [9.17, 15) is 18.0 Å². The van der Waals surface area contributed by atoms with Crippen LogP contribution in [0, 0.1) is 0 Å². The molecule has 7 heteroatoms. The summed E-state index contributed by atoms with van der Waals surface area (Å²) in [6, 6.07) is 2.68. The van der Waals surface area contributed by atoms with E-state index in [4.69, 9.17) is 9.47 Å². The number of halogens is 3. The first-order chi connectivity index (χ1) is 10.4. The molecule has 0 radical (unpaired) electrons. The Morgan fingerprint density at radius 3 is 2.23 bits per heavy atom. The minimum Gasteiger partial charge on any atom is -0.497 e. The molecule has 22 heavy (non-hydrogen) atoms. The van der Waals surface area contributed by atoms with E-state index in [-0.39, 0.29) is 18.5 Å². The van der Waals surface area contributed by atoms with Gasteiger partial charge in [0.25, 0.3) is 5.91 Å². The molecule has 2 rings (SSSR count). The lowest BCUT2D eigenvalue weighted by atomic mass is 10.00. The lowest BCUT2D eigenvalue weighted by Gasteiger charge is -2.36. The SMILES string of the molecule is COc1cc(OC)cc(C(=O)N2CCCCC2C(F)(F)F)c1. The van der Waals surface area contributed by atoms with Crippen molar-refractivity contribution >= 4 is 5.91 Å². The van der Waals surface area contributed by atoms with Gasteiger partial charge in [0.1, 0.15) is 17.5 Å². The molecule has 1 aliphatic heterocycles. The van der Waals surface area contributed by atoms with Crippen LogP contribution in [0.2, 0.25) is 0 Å². The third kappa shape index (κ3) is 3.45. The van der Waals surface area contributed by atoms with Crippen molar-refractivity contribution in [1.29, 1.82) is 0 Å². The molecule has 0 saturated carbocycles. The fourth-order valence-corrected chi connectivity index (χ4v) is 2.61. The molecule has 0 bridgehead atoms. The van der Waals surface area contributed by atoms with Crippen molar-refractivity contribution in [3.05, 3.63) is 23.8 Å². The zero-order valence-electron chi connectivity index (χ0n) is 12.4. The summed E-state index contributed by atoms with van der Waals surface area (Å²) in [5, 5.41) is 0. The summed E-state index contributed by atoms with van der Waals surface area (Å²) in [7, 11) is 2.84. The molecule has 0 spiro atoms. The summed E-state index contributed by atoms with van der Waals surface area (Å²) in [5.41, 5.74) is 0.132. The Hall–Kier alpha value is -1.92. The molecule has 0 aromatic heterocycles. The quantitative estimate of drug-likeness (QED) is 0.859. The molecule has 0 N–H and O–H groups in total. The smallest absolute Gasteiger partial charge is 0.408 e. The Bertz CT molecular complexity index is 523. The number of nitrogens with zero attached hydrogens (tertiary/aromatic N) is 1. The molecule has 4 nitrogen and oxygen atoms in total. The van der Waals surface area contributed by atoms with Gasteiger partial charge in [-0.05, 0) is 31.4 Å². The van der Waals surface area contributed by atoms with Crippen LogP contribution >= 0.6 is 0 Å². The van der Waals surface area contributed by atoms with Gasteiger partial charge in [0.05, 0.1) is 14.2 Å². The van der Waals surface area contributed by atoms with E-state index >= 15 is 0 Å². The predicted octanol–water partition coefficient (Wildman–Crippen LogP) is 3.26. The molecule has 1 saturated heterocycles. The van der Waals surface area contributed by atoms with E-state index in [0.29, 0.717) is 24.3 Å². The minimum atomic E-state index is -4.42. The first kappa shape index (κ1) is 16.5. The molecule has 1 aromatic carbocycles. The van der Waals surface area contributed by atoms with E-state index in [0.717, 1.165) is 4.90 Å². The van der Waals surface area contributed by atoms with Gasteiger partial charge in [-0.25, -0.2) is 0 Å². The number of ether oxygens (including phenoxy) is 2. The van der Waals surface area contributed by atoms with Gasteiger partial charge in [0, 0.05) is 18.2 Å². The van der Waals surface area contributed by atoms with Crippen molar-refractivity contribution in [2.45, 2.75) is 31.5 Å². The number of methoxy groups -OCH3 is 2. The summed E-state index contributed by atoms with van der Waals surface area (Å²) in [5.74, 6) is 0.0748. The van der Waals surface area contributed by atoms with Crippen molar-refractivity contribution in [2.75, 3.05) is 20.8 Å².